The summed E-state index contributed by atoms with van der Waals surface area (Å²) in [6, 6.07) is 0.761. The number of likely N-dealkylation sites (N-methyl/N-ethyl adjacent to an activating group) is 1. The zero-order valence-electron chi connectivity index (χ0n) is 12.3. The van der Waals surface area contributed by atoms with Crippen LogP contribution in [0.2, 0.25) is 0 Å². The second-order valence-corrected chi connectivity index (χ2v) is 6.80. The van der Waals surface area contributed by atoms with Gasteiger partial charge < -0.3 is 5.32 Å². The van der Waals surface area contributed by atoms with E-state index in [1.807, 2.05) is 0 Å². The minimum absolute atomic E-state index is 0.761. The third kappa shape index (κ3) is 5.59. The van der Waals surface area contributed by atoms with E-state index < -0.39 is 0 Å². The maximum atomic E-state index is 4.52. The lowest BCUT2D eigenvalue weighted by atomic mass is 10.1. The predicted octanol–water partition coefficient (Wildman–Crippen LogP) is 3.20. The van der Waals surface area contributed by atoms with Crippen LogP contribution >= 0.6 is 11.3 Å². The summed E-state index contributed by atoms with van der Waals surface area (Å²) in [5.74, 6) is 0. The molecule has 1 aromatic rings. The van der Waals surface area contributed by atoms with Gasteiger partial charge in [-0.3, -0.25) is 4.90 Å². The molecular weight excluding hydrogens is 254 g/mol. The van der Waals surface area contributed by atoms with Crippen molar-refractivity contribution in [3.05, 3.63) is 16.1 Å². The van der Waals surface area contributed by atoms with E-state index in [0.29, 0.717) is 0 Å². The standard InChI is InChI=1S/C15H27N3S/c1-13-17-15(12-19-13)11-18(2)10-9-16-14-7-5-3-4-6-8-14/h12,14,16H,3-11H2,1-2H3. The van der Waals surface area contributed by atoms with Crippen LogP contribution in [0.5, 0.6) is 0 Å². The molecule has 1 heterocycles. The van der Waals surface area contributed by atoms with Gasteiger partial charge in [0.1, 0.15) is 0 Å². The predicted molar refractivity (Wildman–Crippen MR) is 82.7 cm³/mol. The highest BCUT2D eigenvalue weighted by molar-refractivity contribution is 7.09. The lowest BCUT2D eigenvalue weighted by Gasteiger charge is -2.20. The van der Waals surface area contributed by atoms with E-state index in [4.69, 9.17) is 0 Å². The molecule has 0 atom stereocenters. The summed E-state index contributed by atoms with van der Waals surface area (Å²) in [7, 11) is 2.18. The molecule has 0 amide bonds. The second kappa shape index (κ2) is 7.98. The molecule has 0 unspecified atom stereocenters. The first-order chi connectivity index (χ1) is 9.24. The number of rotatable bonds is 6. The molecule has 19 heavy (non-hydrogen) atoms. The Hall–Kier alpha value is -0.450. The summed E-state index contributed by atoms with van der Waals surface area (Å²) in [6.07, 6.45) is 8.42. The largest absolute Gasteiger partial charge is 0.313 e. The Labute approximate surface area is 121 Å². The number of hydrogen-bond acceptors (Lipinski definition) is 4. The zero-order valence-corrected chi connectivity index (χ0v) is 13.1. The van der Waals surface area contributed by atoms with Gasteiger partial charge in [-0.25, -0.2) is 4.98 Å². The van der Waals surface area contributed by atoms with E-state index in [2.05, 4.69) is 34.6 Å². The molecule has 0 aliphatic heterocycles. The van der Waals surface area contributed by atoms with E-state index in [9.17, 15) is 0 Å². The lowest BCUT2D eigenvalue weighted by molar-refractivity contribution is 0.309. The topological polar surface area (TPSA) is 28.2 Å². The number of aromatic nitrogens is 1. The van der Waals surface area contributed by atoms with E-state index in [1.165, 1.54) is 49.2 Å². The van der Waals surface area contributed by atoms with Gasteiger partial charge in [-0.05, 0) is 26.8 Å². The van der Waals surface area contributed by atoms with E-state index in [-0.39, 0.29) is 0 Å². The van der Waals surface area contributed by atoms with Crippen LogP contribution < -0.4 is 5.32 Å². The minimum atomic E-state index is 0.761. The van der Waals surface area contributed by atoms with Gasteiger partial charge in [0.15, 0.2) is 0 Å². The van der Waals surface area contributed by atoms with Crippen LogP contribution in [0.25, 0.3) is 0 Å². The summed E-state index contributed by atoms with van der Waals surface area (Å²) >= 11 is 1.74. The number of hydrogen-bond donors (Lipinski definition) is 1. The third-order valence-corrected chi connectivity index (χ3v) is 4.70. The van der Waals surface area contributed by atoms with Crippen LogP contribution in [0.3, 0.4) is 0 Å². The summed E-state index contributed by atoms with van der Waals surface area (Å²) in [5.41, 5.74) is 1.21. The fourth-order valence-electron chi connectivity index (χ4n) is 2.78. The van der Waals surface area contributed by atoms with Gasteiger partial charge in [0.25, 0.3) is 0 Å². The summed E-state index contributed by atoms with van der Waals surface area (Å²) in [6.45, 7) is 5.25. The number of nitrogens with zero attached hydrogens (tertiary/aromatic N) is 2. The van der Waals surface area contributed by atoms with Crippen LogP contribution in [0.15, 0.2) is 5.38 Å². The van der Waals surface area contributed by atoms with Crippen molar-refractivity contribution in [3.8, 4) is 0 Å². The molecule has 3 nitrogen and oxygen atoms in total. The van der Waals surface area contributed by atoms with Gasteiger partial charge >= 0.3 is 0 Å². The molecule has 1 aromatic heterocycles. The van der Waals surface area contributed by atoms with Gasteiger partial charge in [-0.15, -0.1) is 11.3 Å². The molecule has 0 aromatic carbocycles. The SMILES string of the molecule is Cc1nc(CN(C)CCNC2CCCCCC2)cs1. The Morgan fingerprint density at radius 1 is 1.32 bits per heavy atom. The van der Waals surface area contributed by atoms with Crippen molar-refractivity contribution in [2.24, 2.45) is 0 Å². The summed E-state index contributed by atoms with van der Waals surface area (Å²) < 4.78 is 0. The highest BCUT2D eigenvalue weighted by atomic mass is 32.1. The maximum absolute atomic E-state index is 4.52. The fourth-order valence-corrected chi connectivity index (χ4v) is 3.38. The van der Waals surface area contributed by atoms with Crippen LogP contribution in [0.1, 0.15) is 49.2 Å². The molecule has 108 valence electrons. The molecule has 1 saturated carbocycles. The summed E-state index contributed by atoms with van der Waals surface area (Å²) in [4.78, 5) is 6.88. The lowest BCUT2D eigenvalue weighted by Crippen LogP contribution is -2.35. The first-order valence-electron chi connectivity index (χ1n) is 7.57. The van der Waals surface area contributed by atoms with Crippen molar-refractivity contribution in [1.29, 1.82) is 0 Å². The Morgan fingerprint density at radius 2 is 2.05 bits per heavy atom. The van der Waals surface area contributed by atoms with Crippen molar-refractivity contribution in [1.82, 2.24) is 15.2 Å². The normalized spacial score (nSPS) is 17.8. The minimum Gasteiger partial charge on any atom is -0.313 e. The smallest absolute Gasteiger partial charge is 0.0897 e. The quantitative estimate of drug-likeness (QED) is 0.812. The molecule has 1 N–H and O–H groups in total. The first kappa shape index (κ1) is 14.9. The number of thiazole rings is 1. The number of aryl methyl sites for hydroxylation is 1. The average molecular weight is 281 g/mol. The Balaban J connectivity index is 1.61. The summed E-state index contributed by atoms with van der Waals surface area (Å²) in [5, 5.41) is 7.06. The van der Waals surface area contributed by atoms with Crippen molar-refractivity contribution >= 4 is 11.3 Å². The van der Waals surface area contributed by atoms with Crippen molar-refractivity contribution in [2.75, 3.05) is 20.1 Å². The molecule has 0 bridgehead atoms. The molecule has 2 rings (SSSR count). The third-order valence-electron chi connectivity index (χ3n) is 3.88. The van der Waals surface area contributed by atoms with E-state index in [1.54, 1.807) is 11.3 Å². The molecule has 1 aliphatic carbocycles. The van der Waals surface area contributed by atoms with Gasteiger partial charge in [-0.1, -0.05) is 25.7 Å². The molecule has 0 spiro atoms. The highest BCUT2D eigenvalue weighted by Crippen LogP contribution is 2.17. The Kier molecular flexibility index (Phi) is 6.28. The van der Waals surface area contributed by atoms with E-state index >= 15 is 0 Å². The van der Waals surface area contributed by atoms with Crippen molar-refractivity contribution < 1.29 is 0 Å². The zero-order chi connectivity index (χ0) is 13.5. The van der Waals surface area contributed by atoms with Crippen LogP contribution in [-0.4, -0.2) is 36.1 Å². The van der Waals surface area contributed by atoms with Gasteiger partial charge in [0.2, 0.25) is 0 Å². The van der Waals surface area contributed by atoms with E-state index in [0.717, 1.165) is 25.7 Å². The highest BCUT2D eigenvalue weighted by Gasteiger charge is 2.11. The van der Waals surface area contributed by atoms with Gasteiger partial charge in [0.05, 0.1) is 10.7 Å². The maximum Gasteiger partial charge on any atom is 0.0897 e. The van der Waals surface area contributed by atoms with Crippen LogP contribution in [-0.2, 0) is 6.54 Å². The van der Waals surface area contributed by atoms with Crippen LogP contribution in [0, 0.1) is 6.92 Å². The molecular formula is C15H27N3S. The second-order valence-electron chi connectivity index (χ2n) is 5.74. The Bertz CT molecular complexity index is 356. The fraction of sp³-hybridized carbons (Fsp3) is 0.800. The first-order valence-corrected chi connectivity index (χ1v) is 8.45. The molecule has 4 heteroatoms. The van der Waals surface area contributed by atoms with Crippen LogP contribution in [0.4, 0.5) is 0 Å². The monoisotopic (exact) mass is 281 g/mol. The van der Waals surface area contributed by atoms with Gasteiger partial charge in [0, 0.05) is 31.1 Å². The molecule has 0 saturated heterocycles. The molecule has 1 aliphatic rings. The van der Waals surface area contributed by atoms with Crippen molar-refractivity contribution in [2.45, 2.75) is 58.0 Å². The number of nitrogens with one attached hydrogen (secondary N) is 1. The van der Waals surface area contributed by atoms with Gasteiger partial charge in [-0.2, -0.15) is 0 Å². The Morgan fingerprint density at radius 3 is 2.68 bits per heavy atom. The molecule has 0 radical (unpaired) electrons. The van der Waals surface area contributed by atoms with Crippen molar-refractivity contribution in [3.63, 3.8) is 0 Å². The average Bonchev–Trinajstić information content (AvgIpc) is 2.65. The molecule has 1 fully saturated rings.